The van der Waals surface area contributed by atoms with E-state index >= 15 is 0 Å². The number of nitrogens with one attached hydrogen (secondary N) is 1. The van der Waals surface area contributed by atoms with Crippen LogP contribution in [0.5, 0.6) is 11.5 Å². The van der Waals surface area contributed by atoms with E-state index in [9.17, 15) is 0 Å². The Morgan fingerprint density at radius 1 is 1.17 bits per heavy atom. The lowest BCUT2D eigenvalue weighted by atomic mass is 10.2. The van der Waals surface area contributed by atoms with Gasteiger partial charge in [0.15, 0.2) is 5.82 Å². The van der Waals surface area contributed by atoms with E-state index in [2.05, 4.69) is 20.4 Å². The van der Waals surface area contributed by atoms with Crippen LogP contribution in [0.2, 0.25) is 0 Å². The number of aryl methyl sites for hydroxylation is 2. The second kappa shape index (κ2) is 6.12. The minimum absolute atomic E-state index is 0.684. The number of hydrogen-bond acceptors (Lipinski definition) is 6. The Bertz CT molecular complexity index is 844. The Morgan fingerprint density at radius 3 is 2.70 bits per heavy atom. The largest absolute Gasteiger partial charge is 0.497 e. The van der Waals surface area contributed by atoms with Gasteiger partial charge in [-0.2, -0.15) is 5.10 Å². The Hall–Kier alpha value is -2.83. The van der Waals surface area contributed by atoms with Gasteiger partial charge in [-0.3, -0.25) is 4.68 Å². The Morgan fingerprint density at radius 2 is 2.00 bits per heavy atom. The monoisotopic (exact) mass is 313 g/mol. The molecule has 1 aromatic carbocycles. The summed E-state index contributed by atoms with van der Waals surface area (Å²) in [6.07, 6.45) is 1.53. The number of nitrogens with zero attached hydrogens (tertiary/aromatic N) is 4. The zero-order valence-electron chi connectivity index (χ0n) is 13.6. The van der Waals surface area contributed by atoms with Gasteiger partial charge in [-0.1, -0.05) is 0 Å². The fraction of sp³-hybridized carbons (Fsp3) is 0.312. The van der Waals surface area contributed by atoms with Crippen molar-refractivity contribution in [2.45, 2.75) is 20.4 Å². The number of aromatic nitrogens is 4. The third kappa shape index (κ3) is 2.65. The van der Waals surface area contributed by atoms with Crippen LogP contribution in [0, 0.1) is 6.92 Å². The van der Waals surface area contributed by atoms with Gasteiger partial charge in [0.1, 0.15) is 28.9 Å². The first-order chi connectivity index (χ1) is 11.2. The minimum atomic E-state index is 0.684. The third-order valence-electron chi connectivity index (χ3n) is 3.65. The van der Waals surface area contributed by atoms with Gasteiger partial charge in [0, 0.05) is 12.6 Å². The summed E-state index contributed by atoms with van der Waals surface area (Å²) >= 11 is 0. The summed E-state index contributed by atoms with van der Waals surface area (Å²) in [7, 11) is 3.26. The SMILES string of the molecule is CCn1nc(C)c2ncnc(Nc3cc(OC)ccc3OC)c21. The Labute approximate surface area is 134 Å². The highest BCUT2D eigenvalue weighted by atomic mass is 16.5. The standard InChI is InChI=1S/C16H19N5O2/c1-5-21-15-14(10(2)20-21)17-9-18-16(15)19-12-8-11(22-3)6-7-13(12)23-4/h6-9H,5H2,1-4H3,(H,17,18,19). The topological polar surface area (TPSA) is 74.1 Å². The number of benzene rings is 1. The van der Waals surface area contributed by atoms with Crippen LogP contribution in [-0.2, 0) is 6.54 Å². The summed E-state index contributed by atoms with van der Waals surface area (Å²) in [6, 6.07) is 5.56. The summed E-state index contributed by atoms with van der Waals surface area (Å²) in [5.41, 5.74) is 3.36. The first-order valence-electron chi connectivity index (χ1n) is 7.35. The van der Waals surface area contributed by atoms with E-state index in [0.717, 1.165) is 34.7 Å². The first kappa shape index (κ1) is 15.1. The highest BCUT2D eigenvalue weighted by molar-refractivity contribution is 5.89. The van der Waals surface area contributed by atoms with Crippen molar-refractivity contribution in [1.29, 1.82) is 0 Å². The molecule has 0 saturated carbocycles. The van der Waals surface area contributed by atoms with E-state index in [-0.39, 0.29) is 0 Å². The van der Waals surface area contributed by atoms with Crippen molar-refractivity contribution in [2.75, 3.05) is 19.5 Å². The molecule has 120 valence electrons. The number of rotatable bonds is 5. The van der Waals surface area contributed by atoms with E-state index in [1.165, 1.54) is 6.33 Å². The molecule has 7 nitrogen and oxygen atoms in total. The van der Waals surface area contributed by atoms with Crippen molar-refractivity contribution in [1.82, 2.24) is 19.7 Å². The van der Waals surface area contributed by atoms with Crippen LogP contribution in [-0.4, -0.2) is 34.0 Å². The molecule has 2 heterocycles. The molecule has 0 spiro atoms. The molecule has 3 rings (SSSR count). The van der Waals surface area contributed by atoms with Crippen molar-refractivity contribution >= 4 is 22.5 Å². The number of anilines is 2. The highest BCUT2D eigenvalue weighted by Crippen LogP contribution is 2.33. The molecule has 0 bridgehead atoms. The van der Waals surface area contributed by atoms with Crippen LogP contribution in [0.4, 0.5) is 11.5 Å². The number of fused-ring (bicyclic) bond motifs is 1. The van der Waals surface area contributed by atoms with Crippen LogP contribution in [0.25, 0.3) is 11.0 Å². The molecule has 0 saturated heterocycles. The minimum Gasteiger partial charge on any atom is -0.497 e. The van der Waals surface area contributed by atoms with Gasteiger partial charge >= 0.3 is 0 Å². The van der Waals surface area contributed by atoms with E-state index in [0.29, 0.717) is 11.6 Å². The van der Waals surface area contributed by atoms with Gasteiger partial charge in [-0.15, -0.1) is 0 Å². The fourth-order valence-electron chi connectivity index (χ4n) is 2.53. The smallest absolute Gasteiger partial charge is 0.160 e. The maximum absolute atomic E-state index is 5.41. The predicted octanol–water partition coefficient (Wildman–Crippen LogP) is 2.92. The fourth-order valence-corrected chi connectivity index (χ4v) is 2.53. The molecular weight excluding hydrogens is 294 g/mol. The summed E-state index contributed by atoms with van der Waals surface area (Å²) in [6.45, 7) is 4.72. The molecular formula is C16H19N5O2. The summed E-state index contributed by atoms with van der Waals surface area (Å²) < 4.78 is 12.6. The van der Waals surface area contributed by atoms with Crippen LogP contribution in [0.15, 0.2) is 24.5 Å². The lowest BCUT2D eigenvalue weighted by molar-refractivity contribution is 0.405. The third-order valence-corrected chi connectivity index (χ3v) is 3.65. The van der Waals surface area contributed by atoms with Crippen molar-refractivity contribution in [3.63, 3.8) is 0 Å². The molecule has 7 heteroatoms. The second-order valence-electron chi connectivity index (χ2n) is 5.01. The van der Waals surface area contributed by atoms with Gasteiger partial charge in [0.25, 0.3) is 0 Å². The normalized spacial score (nSPS) is 10.8. The van der Waals surface area contributed by atoms with E-state index in [4.69, 9.17) is 9.47 Å². The average molecular weight is 313 g/mol. The van der Waals surface area contributed by atoms with Crippen LogP contribution < -0.4 is 14.8 Å². The Balaban J connectivity index is 2.12. The van der Waals surface area contributed by atoms with E-state index in [1.807, 2.05) is 36.7 Å². The molecule has 0 atom stereocenters. The van der Waals surface area contributed by atoms with Crippen LogP contribution in [0.3, 0.4) is 0 Å². The molecule has 0 fully saturated rings. The van der Waals surface area contributed by atoms with Gasteiger partial charge in [-0.05, 0) is 26.0 Å². The quantitative estimate of drug-likeness (QED) is 0.780. The average Bonchev–Trinajstić information content (AvgIpc) is 2.92. The van der Waals surface area contributed by atoms with Gasteiger partial charge in [-0.25, -0.2) is 9.97 Å². The molecule has 2 aromatic heterocycles. The first-order valence-corrected chi connectivity index (χ1v) is 7.35. The maximum atomic E-state index is 5.41. The highest BCUT2D eigenvalue weighted by Gasteiger charge is 2.15. The van der Waals surface area contributed by atoms with Crippen molar-refractivity contribution < 1.29 is 9.47 Å². The molecule has 1 N–H and O–H groups in total. The lowest BCUT2D eigenvalue weighted by Gasteiger charge is -2.13. The van der Waals surface area contributed by atoms with Crippen LogP contribution in [0.1, 0.15) is 12.6 Å². The van der Waals surface area contributed by atoms with Crippen molar-refractivity contribution in [3.05, 3.63) is 30.2 Å². The second-order valence-corrected chi connectivity index (χ2v) is 5.01. The van der Waals surface area contributed by atoms with Crippen LogP contribution >= 0.6 is 0 Å². The zero-order valence-corrected chi connectivity index (χ0v) is 13.6. The molecule has 0 aliphatic carbocycles. The molecule has 0 unspecified atom stereocenters. The van der Waals surface area contributed by atoms with Gasteiger partial charge in [0.2, 0.25) is 0 Å². The lowest BCUT2D eigenvalue weighted by Crippen LogP contribution is -2.03. The van der Waals surface area contributed by atoms with E-state index in [1.54, 1.807) is 14.2 Å². The molecule has 0 aliphatic heterocycles. The molecule has 0 aliphatic rings. The number of ether oxygens (including phenoxy) is 2. The number of hydrogen-bond donors (Lipinski definition) is 1. The molecule has 3 aromatic rings. The van der Waals surface area contributed by atoms with Crippen molar-refractivity contribution in [2.24, 2.45) is 0 Å². The molecule has 23 heavy (non-hydrogen) atoms. The number of methoxy groups -OCH3 is 2. The Kier molecular flexibility index (Phi) is 4.01. The predicted molar refractivity (Wildman–Crippen MR) is 88.6 cm³/mol. The zero-order chi connectivity index (χ0) is 16.4. The summed E-state index contributed by atoms with van der Waals surface area (Å²) in [4.78, 5) is 8.71. The van der Waals surface area contributed by atoms with Crippen molar-refractivity contribution in [3.8, 4) is 11.5 Å². The van der Waals surface area contributed by atoms with E-state index < -0.39 is 0 Å². The molecule has 0 amide bonds. The summed E-state index contributed by atoms with van der Waals surface area (Å²) in [5.74, 6) is 2.12. The van der Waals surface area contributed by atoms with Gasteiger partial charge < -0.3 is 14.8 Å². The summed E-state index contributed by atoms with van der Waals surface area (Å²) in [5, 5.41) is 7.82. The molecule has 0 radical (unpaired) electrons. The maximum Gasteiger partial charge on any atom is 0.160 e. The van der Waals surface area contributed by atoms with Gasteiger partial charge in [0.05, 0.1) is 25.6 Å².